The Morgan fingerprint density at radius 3 is 2.48 bits per heavy atom. The largest absolute Gasteiger partial charge is 0.497 e. The number of hydrogen-bond acceptors (Lipinski definition) is 5. The minimum Gasteiger partial charge on any atom is -0.497 e. The molecule has 1 N–H and O–H groups in total. The molecule has 7 nitrogen and oxygen atoms in total. The van der Waals surface area contributed by atoms with Gasteiger partial charge in [-0.1, -0.05) is 18.2 Å². The van der Waals surface area contributed by atoms with E-state index in [9.17, 15) is 15.2 Å². The van der Waals surface area contributed by atoms with Gasteiger partial charge in [0.15, 0.2) is 0 Å². The fourth-order valence-electron chi connectivity index (χ4n) is 2.95. The summed E-state index contributed by atoms with van der Waals surface area (Å²) < 4.78 is 7.44. The highest BCUT2D eigenvalue weighted by Crippen LogP contribution is 2.33. The number of hydrogen-bond donors (Lipinski definition) is 1. The first-order valence-corrected chi connectivity index (χ1v) is 9.24. The van der Waals surface area contributed by atoms with Crippen LogP contribution in [-0.2, 0) is 13.5 Å². The first-order valence-electron chi connectivity index (χ1n) is 8.16. The lowest BCUT2D eigenvalue weighted by Gasteiger charge is -2.14. The van der Waals surface area contributed by atoms with Gasteiger partial charge in [0.1, 0.15) is 11.9 Å². The standard InChI is InChI=1S/C19H18IN3O4/c1-22-18(16(20)11-21-22)19(24)15-10-13(5-8-17(15)23(25)26)9-12-3-6-14(27-2)7-4-12/h3-8,10-11,19,24H,9H2,1-2H3. The quantitative estimate of drug-likeness (QED) is 0.332. The molecule has 1 aromatic heterocycles. The highest BCUT2D eigenvalue weighted by molar-refractivity contribution is 14.1. The minimum atomic E-state index is -1.14. The van der Waals surface area contributed by atoms with Crippen LogP contribution in [0.2, 0.25) is 0 Å². The topological polar surface area (TPSA) is 90.4 Å². The molecule has 0 aliphatic carbocycles. The number of methoxy groups -OCH3 is 1. The van der Waals surface area contributed by atoms with Crippen molar-refractivity contribution in [3.63, 3.8) is 0 Å². The normalized spacial score (nSPS) is 12.0. The zero-order chi connectivity index (χ0) is 19.6. The number of nitro groups is 1. The van der Waals surface area contributed by atoms with Crippen LogP contribution in [0.25, 0.3) is 0 Å². The molecule has 0 saturated heterocycles. The lowest BCUT2D eigenvalue weighted by Crippen LogP contribution is -2.10. The van der Waals surface area contributed by atoms with E-state index in [1.54, 1.807) is 32.5 Å². The first kappa shape index (κ1) is 19.3. The molecule has 0 saturated carbocycles. The van der Waals surface area contributed by atoms with Gasteiger partial charge in [-0.2, -0.15) is 5.10 Å². The summed E-state index contributed by atoms with van der Waals surface area (Å²) in [5.74, 6) is 0.768. The molecule has 0 spiro atoms. The van der Waals surface area contributed by atoms with Crippen molar-refractivity contribution in [2.75, 3.05) is 7.11 Å². The van der Waals surface area contributed by atoms with Gasteiger partial charge >= 0.3 is 0 Å². The van der Waals surface area contributed by atoms with Gasteiger partial charge in [0.25, 0.3) is 5.69 Å². The van der Waals surface area contributed by atoms with Crippen molar-refractivity contribution < 1.29 is 14.8 Å². The summed E-state index contributed by atoms with van der Waals surface area (Å²) in [7, 11) is 3.31. The maximum absolute atomic E-state index is 11.5. The summed E-state index contributed by atoms with van der Waals surface area (Å²) in [6.07, 6.45) is 1.07. The Morgan fingerprint density at radius 2 is 1.93 bits per heavy atom. The van der Waals surface area contributed by atoms with E-state index in [1.807, 2.05) is 24.3 Å². The van der Waals surface area contributed by atoms with Crippen molar-refractivity contribution in [1.29, 1.82) is 0 Å². The summed E-state index contributed by atoms with van der Waals surface area (Å²) in [6.45, 7) is 0. The monoisotopic (exact) mass is 479 g/mol. The van der Waals surface area contributed by atoms with Crippen LogP contribution >= 0.6 is 22.6 Å². The van der Waals surface area contributed by atoms with Gasteiger partial charge in [-0.05, 0) is 58.3 Å². The van der Waals surface area contributed by atoms with E-state index in [4.69, 9.17) is 4.74 Å². The van der Waals surface area contributed by atoms with E-state index < -0.39 is 11.0 Å². The average molecular weight is 479 g/mol. The number of benzene rings is 2. The van der Waals surface area contributed by atoms with Crippen molar-refractivity contribution in [3.8, 4) is 5.75 Å². The molecular formula is C19H18IN3O4. The Hall–Kier alpha value is -2.46. The van der Waals surface area contributed by atoms with Gasteiger partial charge in [0.2, 0.25) is 0 Å². The third-order valence-corrected chi connectivity index (χ3v) is 5.18. The van der Waals surface area contributed by atoms with Crippen LogP contribution in [0, 0.1) is 13.7 Å². The maximum atomic E-state index is 11.5. The molecule has 1 atom stereocenters. The second-order valence-electron chi connectivity index (χ2n) is 6.08. The molecule has 3 aromatic rings. The van der Waals surface area contributed by atoms with Crippen molar-refractivity contribution in [2.45, 2.75) is 12.5 Å². The van der Waals surface area contributed by atoms with Crippen LogP contribution in [0.4, 0.5) is 5.69 Å². The molecule has 0 aliphatic heterocycles. The number of nitrogens with zero attached hydrogens (tertiary/aromatic N) is 3. The van der Waals surface area contributed by atoms with Crippen LogP contribution in [0.1, 0.15) is 28.5 Å². The summed E-state index contributed by atoms with van der Waals surface area (Å²) in [4.78, 5) is 11.0. The number of rotatable bonds is 6. The fourth-order valence-corrected chi connectivity index (χ4v) is 3.72. The van der Waals surface area contributed by atoms with Crippen LogP contribution in [0.3, 0.4) is 0 Å². The second-order valence-corrected chi connectivity index (χ2v) is 7.24. The number of aromatic nitrogens is 2. The Bertz CT molecular complexity index is 950. The van der Waals surface area contributed by atoms with Gasteiger partial charge in [-0.15, -0.1) is 0 Å². The van der Waals surface area contributed by atoms with Gasteiger partial charge in [0.05, 0.1) is 33.1 Å². The third kappa shape index (κ3) is 4.11. The fraction of sp³-hybridized carbons (Fsp3) is 0.211. The molecule has 0 fully saturated rings. The number of aliphatic hydroxyl groups excluding tert-OH is 1. The van der Waals surface area contributed by atoms with Gasteiger partial charge in [-0.25, -0.2) is 0 Å². The van der Waals surface area contributed by atoms with Gasteiger partial charge in [-0.3, -0.25) is 14.8 Å². The van der Waals surface area contributed by atoms with Crippen molar-refractivity contribution >= 4 is 28.3 Å². The summed E-state index contributed by atoms with van der Waals surface area (Å²) in [6, 6.07) is 12.5. The van der Waals surface area contributed by atoms with Crippen molar-refractivity contribution in [1.82, 2.24) is 9.78 Å². The summed E-state index contributed by atoms with van der Waals surface area (Å²) in [5, 5.41) is 26.4. The average Bonchev–Trinajstić information content (AvgIpc) is 3.00. The lowest BCUT2D eigenvalue weighted by atomic mass is 9.97. The van der Waals surface area contributed by atoms with Crippen LogP contribution in [-0.4, -0.2) is 26.9 Å². The summed E-state index contributed by atoms with van der Waals surface area (Å²) in [5.41, 5.74) is 2.59. The zero-order valence-corrected chi connectivity index (χ0v) is 17.0. The SMILES string of the molecule is COc1ccc(Cc2ccc([N+](=O)[O-])c(C(O)c3c(I)cnn3C)c2)cc1. The highest BCUT2D eigenvalue weighted by atomic mass is 127. The van der Waals surface area contributed by atoms with Crippen molar-refractivity contribution in [2.24, 2.45) is 7.05 Å². The molecule has 0 aliphatic rings. The van der Waals surface area contributed by atoms with E-state index in [0.29, 0.717) is 12.1 Å². The molecule has 1 unspecified atom stereocenters. The number of aliphatic hydroxyl groups is 1. The van der Waals surface area contributed by atoms with E-state index >= 15 is 0 Å². The maximum Gasteiger partial charge on any atom is 0.275 e. The highest BCUT2D eigenvalue weighted by Gasteiger charge is 2.26. The van der Waals surface area contributed by atoms with E-state index in [-0.39, 0.29) is 11.3 Å². The van der Waals surface area contributed by atoms with E-state index in [2.05, 4.69) is 27.7 Å². The molecule has 3 rings (SSSR count). The van der Waals surface area contributed by atoms with E-state index in [1.165, 1.54) is 10.7 Å². The number of aryl methyl sites for hydroxylation is 1. The summed E-state index contributed by atoms with van der Waals surface area (Å²) >= 11 is 2.06. The number of nitro benzene ring substituents is 1. The molecule has 140 valence electrons. The Labute approximate surface area is 169 Å². The van der Waals surface area contributed by atoms with Crippen molar-refractivity contribution in [3.05, 3.63) is 84.7 Å². The number of halogens is 1. The molecule has 2 aromatic carbocycles. The van der Waals surface area contributed by atoms with Crippen LogP contribution < -0.4 is 4.74 Å². The predicted molar refractivity (Wildman–Crippen MR) is 109 cm³/mol. The van der Waals surface area contributed by atoms with Crippen LogP contribution in [0.15, 0.2) is 48.7 Å². The minimum absolute atomic E-state index is 0.113. The molecule has 0 amide bonds. The Balaban J connectivity index is 1.98. The van der Waals surface area contributed by atoms with Crippen LogP contribution in [0.5, 0.6) is 5.75 Å². The molecular weight excluding hydrogens is 461 g/mol. The predicted octanol–water partition coefficient (Wildman–Crippen LogP) is 3.61. The van der Waals surface area contributed by atoms with Gasteiger partial charge in [0, 0.05) is 13.1 Å². The van der Waals surface area contributed by atoms with Gasteiger partial charge < -0.3 is 9.84 Å². The molecule has 0 bridgehead atoms. The molecule has 1 heterocycles. The van der Waals surface area contributed by atoms with E-state index in [0.717, 1.165) is 20.4 Å². The second kappa shape index (κ2) is 8.05. The molecule has 8 heteroatoms. The molecule has 0 radical (unpaired) electrons. The molecule has 27 heavy (non-hydrogen) atoms. The Morgan fingerprint density at radius 1 is 1.26 bits per heavy atom. The Kier molecular flexibility index (Phi) is 5.76. The lowest BCUT2D eigenvalue weighted by molar-refractivity contribution is -0.386. The first-order chi connectivity index (χ1) is 12.9. The third-order valence-electron chi connectivity index (χ3n) is 4.35. The number of ether oxygens (including phenoxy) is 1. The smallest absolute Gasteiger partial charge is 0.275 e. The zero-order valence-electron chi connectivity index (χ0n) is 14.8.